The maximum atomic E-state index is 12.4. The second-order valence-corrected chi connectivity index (χ2v) is 6.23. The van der Waals surface area contributed by atoms with Crippen molar-refractivity contribution >= 4 is 39.4 Å². The van der Waals surface area contributed by atoms with Crippen molar-refractivity contribution in [2.45, 2.75) is 13.0 Å². The highest BCUT2D eigenvalue weighted by atomic mass is 16.5. The number of carbonyl (C=O) groups excluding carboxylic acids is 2. The summed E-state index contributed by atoms with van der Waals surface area (Å²) >= 11 is 0. The second kappa shape index (κ2) is 6.92. The third kappa shape index (κ3) is 3.50. The molecule has 6 nitrogen and oxygen atoms in total. The molecule has 0 saturated carbocycles. The van der Waals surface area contributed by atoms with Crippen molar-refractivity contribution in [3.05, 3.63) is 72.6 Å². The lowest BCUT2D eigenvalue weighted by molar-refractivity contribution is -0.123. The molecule has 4 rings (SSSR count). The Morgan fingerprint density at radius 3 is 2.70 bits per heavy atom. The maximum Gasteiger partial charge on any atom is 0.338 e. The van der Waals surface area contributed by atoms with Gasteiger partial charge in [-0.05, 0) is 48.0 Å². The largest absolute Gasteiger partial charge is 0.449 e. The van der Waals surface area contributed by atoms with E-state index in [-0.39, 0.29) is 5.91 Å². The molecule has 1 atom stereocenters. The summed E-state index contributed by atoms with van der Waals surface area (Å²) < 4.78 is 5.30. The minimum atomic E-state index is -0.929. The molecule has 134 valence electrons. The standard InChI is InChI=1S/C21H17N3O3/c1-13(27-21(26)16-7-9-18-19(11-16)23-12-22-18)20(25)24-17-8-6-14-4-2-3-5-15(14)10-17/h2-13H,1H3,(H,22,23)(H,24,25). The van der Waals surface area contributed by atoms with Gasteiger partial charge in [-0.25, -0.2) is 9.78 Å². The fraction of sp³-hybridized carbons (Fsp3) is 0.0952. The molecule has 1 heterocycles. The molecule has 1 amide bonds. The van der Waals surface area contributed by atoms with Gasteiger partial charge in [-0.1, -0.05) is 30.3 Å². The molecule has 2 N–H and O–H groups in total. The summed E-state index contributed by atoms with van der Waals surface area (Å²) in [7, 11) is 0. The number of fused-ring (bicyclic) bond motifs is 2. The monoisotopic (exact) mass is 359 g/mol. The number of aromatic amines is 1. The molecule has 27 heavy (non-hydrogen) atoms. The van der Waals surface area contributed by atoms with E-state index in [9.17, 15) is 9.59 Å². The van der Waals surface area contributed by atoms with Crippen LogP contribution in [0.4, 0.5) is 5.69 Å². The number of anilines is 1. The summed E-state index contributed by atoms with van der Waals surface area (Å²) in [4.78, 5) is 31.7. The van der Waals surface area contributed by atoms with Gasteiger partial charge in [0.2, 0.25) is 0 Å². The highest BCUT2D eigenvalue weighted by Gasteiger charge is 2.19. The van der Waals surface area contributed by atoms with Crippen LogP contribution < -0.4 is 5.32 Å². The summed E-state index contributed by atoms with van der Waals surface area (Å²) in [5, 5.41) is 4.89. The summed E-state index contributed by atoms with van der Waals surface area (Å²) in [6, 6.07) is 18.5. The van der Waals surface area contributed by atoms with Gasteiger partial charge in [0, 0.05) is 5.69 Å². The van der Waals surface area contributed by atoms with Crippen LogP contribution in [0.5, 0.6) is 0 Å². The molecule has 0 spiro atoms. The SMILES string of the molecule is CC(OC(=O)c1ccc2nc[nH]c2c1)C(=O)Nc1ccc2ccccc2c1. The average Bonchev–Trinajstić information content (AvgIpc) is 3.15. The van der Waals surface area contributed by atoms with Gasteiger partial charge in [0.15, 0.2) is 6.10 Å². The number of hydrogen-bond acceptors (Lipinski definition) is 4. The van der Waals surface area contributed by atoms with Crippen molar-refractivity contribution in [1.82, 2.24) is 9.97 Å². The van der Waals surface area contributed by atoms with Crippen molar-refractivity contribution in [3.8, 4) is 0 Å². The van der Waals surface area contributed by atoms with Gasteiger partial charge in [0.1, 0.15) is 0 Å². The molecule has 3 aromatic carbocycles. The van der Waals surface area contributed by atoms with E-state index in [0.717, 1.165) is 21.8 Å². The molecule has 0 aliphatic carbocycles. The van der Waals surface area contributed by atoms with E-state index >= 15 is 0 Å². The zero-order valence-electron chi connectivity index (χ0n) is 14.6. The summed E-state index contributed by atoms with van der Waals surface area (Å²) in [6.07, 6.45) is 0.626. The lowest BCUT2D eigenvalue weighted by Gasteiger charge is -2.14. The van der Waals surface area contributed by atoms with Gasteiger partial charge in [0.25, 0.3) is 5.91 Å². The van der Waals surface area contributed by atoms with Gasteiger partial charge in [-0.2, -0.15) is 0 Å². The van der Waals surface area contributed by atoms with Crippen LogP contribution >= 0.6 is 0 Å². The fourth-order valence-corrected chi connectivity index (χ4v) is 2.86. The highest BCUT2D eigenvalue weighted by molar-refractivity contribution is 5.99. The Labute approximate surface area is 155 Å². The predicted octanol–water partition coefficient (Wildman–Crippen LogP) is 3.90. The first kappa shape index (κ1) is 16.8. The zero-order chi connectivity index (χ0) is 18.8. The first-order valence-electron chi connectivity index (χ1n) is 8.54. The second-order valence-electron chi connectivity index (χ2n) is 6.23. The van der Waals surface area contributed by atoms with E-state index in [4.69, 9.17) is 4.74 Å². The number of nitrogens with zero attached hydrogens (tertiary/aromatic N) is 1. The lowest BCUT2D eigenvalue weighted by atomic mass is 10.1. The maximum absolute atomic E-state index is 12.4. The van der Waals surface area contributed by atoms with Gasteiger partial charge in [-0.15, -0.1) is 0 Å². The summed E-state index contributed by atoms with van der Waals surface area (Å²) in [6.45, 7) is 1.54. The Balaban J connectivity index is 1.44. The van der Waals surface area contributed by atoms with Gasteiger partial charge < -0.3 is 15.0 Å². The lowest BCUT2D eigenvalue weighted by Crippen LogP contribution is -2.30. The van der Waals surface area contributed by atoms with Crippen molar-refractivity contribution < 1.29 is 14.3 Å². The molecule has 1 aromatic heterocycles. The molecular formula is C21H17N3O3. The molecule has 0 fully saturated rings. The summed E-state index contributed by atoms with van der Waals surface area (Å²) in [5.41, 5.74) is 2.50. The van der Waals surface area contributed by atoms with Crippen molar-refractivity contribution in [1.29, 1.82) is 0 Å². The fourth-order valence-electron chi connectivity index (χ4n) is 2.86. The van der Waals surface area contributed by atoms with Crippen molar-refractivity contribution in [3.63, 3.8) is 0 Å². The predicted molar refractivity (Wildman–Crippen MR) is 104 cm³/mol. The molecule has 0 bridgehead atoms. The molecule has 4 aromatic rings. The Morgan fingerprint density at radius 1 is 1.04 bits per heavy atom. The van der Waals surface area contributed by atoms with E-state index < -0.39 is 12.1 Å². The zero-order valence-corrected chi connectivity index (χ0v) is 14.6. The first-order valence-corrected chi connectivity index (χ1v) is 8.54. The van der Waals surface area contributed by atoms with Crippen LogP contribution in [-0.2, 0) is 9.53 Å². The van der Waals surface area contributed by atoms with Crippen LogP contribution in [0.3, 0.4) is 0 Å². The van der Waals surface area contributed by atoms with E-state index in [0.29, 0.717) is 11.3 Å². The molecule has 1 unspecified atom stereocenters. The number of imidazole rings is 1. The third-order valence-electron chi connectivity index (χ3n) is 4.33. The van der Waals surface area contributed by atoms with Gasteiger partial charge >= 0.3 is 5.97 Å². The quantitative estimate of drug-likeness (QED) is 0.541. The summed E-state index contributed by atoms with van der Waals surface area (Å²) in [5.74, 6) is -0.950. The molecule has 0 radical (unpaired) electrons. The molecular weight excluding hydrogens is 342 g/mol. The average molecular weight is 359 g/mol. The number of nitrogens with one attached hydrogen (secondary N) is 2. The van der Waals surface area contributed by atoms with Crippen molar-refractivity contribution in [2.24, 2.45) is 0 Å². The third-order valence-corrected chi connectivity index (χ3v) is 4.33. The molecule has 0 aliphatic rings. The number of aromatic nitrogens is 2. The van der Waals surface area contributed by atoms with E-state index in [1.807, 2.05) is 42.5 Å². The number of H-pyrrole nitrogens is 1. The Morgan fingerprint density at radius 2 is 1.85 bits per heavy atom. The van der Waals surface area contributed by atoms with Crippen LogP contribution in [0.2, 0.25) is 0 Å². The minimum Gasteiger partial charge on any atom is -0.449 e. The molecule has 0 saturated heterocycles. The van der Waals surface area contributed by atoms with Crippen LogP contribution in [0.1, 0.15) is 17.3 Å². The number of carbonyl (C=O) groups is 2. The minimum absolute atomic E-state index is 0.358. The number of esters is 1. The number of benzene rings is 3. The molecule has 6 heteroatoms. The van der Waals surface area contributed by atoms with Gasteiger partial charge in [-0.3, -0.25) is 4.79 Å². The first-order chi connectivity index (χ1) is 13.1. The highest BCUT2D eigenvalue weighted by Crippen LogP contribution is 2.19. The van der Waals surface area contributed by atoms with Crippen LogP contribution in [0.25, 0.3) is 21.8 Å². The smallest absolute Gasteiger partial charge is 0.338 e. The number of rotatable bonds is 4. The number of ether oxygens (including phenoxy) is 1. The van der Waals surface area contributed by atoms with Crippen molar-refractivity contribution in [2.75, 3.05) is 5.32 Å². The normalized spacial score (nSPS) is 12.0. The Hall–Kier alpha value is -3.67. The van der Waals surface area contributed by atoms with Gasteiger partial charge in [0.05, 0.1) is 22.9 Å². The topological polar surface area (TPSA) is 84.1 Å². The van der Waals surface area contributed by atoms with Crippen LogP contribution in [0, 0.1) is 0 Å². The Bertz CT molecular complexity index is 1150. The number of amides is 1. The Kier molecular flexibility index (Phi) is 4.30. The van der Waals surface area contributed by atoms with Crippen LogP contribution in [0.15, 0.2) is 67.0 Å². The number of hydrogen-bond donors (Lipinski definition) is 2. The van der Waals surface area contributed by atoms with E-state index in [1.54, 1.807) is 31.5 Å². The van der Waals surface area contributed by atoms with E-state index in [1.165, 1.54) is 0 Å². The molecule has 0 aliphatic heterocycles. The van der Waals surface area contributed by atoms with Crippen LogP contribution in [-0.4, -0.2) is 27.9 Å². The van der Waals surface area contributed by atoms with E-state index in [2.05, 4.69) is 15.3 Å².